The molecule has 0 saturated carbocycles. The molecule has 24 heavy (non-hydrogen) atoms. The molecular formula is C17H19N5O2. The fourth-order valence-electron chi connectivity index (χ4n) is 2.74. The van der Waals surface area contributed by atoms with E-state index in [2.05, 4.69) is 20.5 Å². The molecule has 1 aliphatic rings. The van der Waals surface area contributed by atoms with Gasteiger partial charge in [0, 0.05) is 19.1 Å². The number of anilines is 1. The van der Waals surface area contributed by atoms with Gasteiger partial charge in [-0.2, -0.15) is 5.26 Å². The Hall–Kier alpha value is -2.85. The Morgan fingerprint density at radius 3 is 2.83 bits per heavy atom. The van der Waals surface area contributed by atoms with Crippen LogP contribution >= 0.6 is 0 Å². The molecule has 2 N–H and O–H groups in total. The van der Waals surface area contributed by atoms with Crippen LogP contribution in [-0.4, -0.2) is 35.0 Å². The van der Waals surface area contributed by atoms with Gasteiger partial charge in [-0.1, -0.05) is 0 Å². The zero-order valence-corrected chi connectivity index (χ0v) is 13.2. The number of carbonyl (C=O) groups excluding carboxylic acids is 1. The maximum Gasteiger partial charge on any atom is 0.319 e. The number of nitriles is 1. The van der Waals surface area contributed by atoms with Gasteiger partial charge in [0.15, 0.2) is 0 Å². The van der Waals surface area contributed by atoms with Gasteiger partial charge in [-0.3, -0.25) is 4.90 Å². The highest BCUT2D eigenvalue weighted by molar-refractivity contribution is 5.89. The van der Waals surface area contributed by atoms with Gasteiger partial charge < -0.3 is 15.1 Å². The first-order valence-corrected chi connectivity index (χ1v) is 7.91. The van der Waals surface area contributed by atoms with Crippen molar-refractivity contribution in [1.29, 1.82) is 5.26 Å². The number of piperidine rings is 1. The molecule has 0 atom stereocenters. The van der Waals surface area contributed by atoms with Gasteiger partial charge in [-0.05, 0) is 37.1 Å². The minimum absolute atomic E-state index is 0.157. The van der Waals surface area contributed by atoms with Crippen LogP contribution in [0.25, 0.3) is 0 Å². The number of likely N-dealkylation sites (tertiary alicyclic amines) is 1. The van der Waals surface area contributed by atoms with Crippen molar-refractivity contribution < 1.29 is 9.21 Å². The topological polar surface area (TPSA) is 94.2 Å². The predicted molar refractivity (Wildman–Crippen MR) is 88.1 cm³/mol. The zero-order valence-electron chi connectivity index (χ0n) is 13.2. The number of amides is 2. The number of pyridine rings is 1. The predicted octanol–water partition coefficient (Wildman–Crippen LogP) is 2.33. The largest absolute Gasteiger partial charge is 0.468 e. The molecule has 1 saturated heterocycles. The van der Waals surface area contributed by atoms with E-state index in [9.17, 15) is 4.79 Å². The van der Waals surface area contributed by atoms with Crippen molar-refractivity contribution in [2.24, 2.45) is 0 Å². The smallest absolute Gasteiger partial charge is 0.319 e. The maximum atomic E-state index is 12.0. The summed E-state index contributed by atoms with van der Waals surface area (Å²) in [6.07, 6.45) is 4.97. The van der Waals surface area contributed by atoms with Crippen LogP contribution in [0, 0.1) is 11.3 Å². The molecule has 0 aromatic carbocycles. The quantitative estimate of drug-likeness (QED) is 0.900. The molecule has 2 amide bonds. The summed E-state index contributed by atoms with van der Waals surface area (Å²) in [6.45, 7) is 2.65. The summed E-state index contributed by atoms with van der Waals surface area (Å²) in [5.41, 5.74) is 0.895. The average molecular weight is 325 g/mol. The molecule has 1 fully saturated rings. The molecule has 7 heteroatoms. The first-order valence-electron chi connectivity index (χ1n) is 7.91. The Kier molecular flexibility index (Phi) is 5.08. The first-order chi connectivity index (χ1) is 11.7. The third kappa shape index (κ3) is 4.33. The molecule has 7 nitrogen and oxygen atoms in total. The van der Waals surface area contributed by atoms with Crippen molar-refractivity contribution >= 4 is 11.7 Å². The summed E-state index contributed by atoms with van der Waals surface area (Å²) >= 11 is 0. The fourth-order valence-corrected chi connectivity index (χ4v) is 2.74. The van der Waals surface area contributed by atoms with Crippen LogP contribution in [0.3, 0.4) is 0 Å². The van der Waals surface area contributed by atoms with Crippen LogP contribution in [0.5, 0.6) is 0 Å². The van der Waals surface area contributed by atoms with Crippen LogP contribution in [0.2, 0.25) is 0 Å². The Morgan fingerprint density at radius 1 is 1.38 bits per heavy atom. The van der Waals surface area contributed by atoms with Crippen molar-refractivity contribution in [2.45, 2.75) is 25.4 Å². The lowest BCUT2D eigenvalue weighted by Gasteiger charge is -2.31. The Morgan fingerprint density at radius 2 is 2.21 bits per heavy atom. The number of furan rings is 1. The molecular weight excluding hydrogens is 306 g/mol. The van der Waals surface area contributed by atoms with Crippen molar-refractivity contribution in [3.05, 3.63) is 48.2 Å². The van der Waals surface area contributed by atoms with Gasteiger partial charge in [0.1, 0.15) is 17.5 Å². The number of carbonyl (C=O) groups is 1. The maximum absolute atomic E-state index is 12.0. The van der Waals surface area contributed by atoms with Gasteiger partial charge in [-0.25, -0.2) is 9.78 Å². The van der Waals surface area contributed by atoms with E-state index >= 15 is 0 Å². The number of nitrogens with zero attached hydrogens (tertiary/aromatic N) is 3. The molecule has 0 radical (unpaired) electrons. The van der Waals surface area contributed by atoms with E-state index in [1.165, 1.54) is 6.20 Å². The fraction of sp³-hybridized carbons (Fsp3) is 0.353. The summed E-state index contributed by atoms with van der Waals surface area (Å²) < 4.78 is 5.36. The summed E-state index contributed by atoms with van der Waals surface area (Å²) in [5.74, 6) is 0.965. The van der Waals surface area contributed by atoms with Crippen LogP contribution < -0.4 is 10.6 Å². The molecule has 0 bridgehead atoms. The van der Waals surface area contributed by atoms with Crippen molar-refractivity contribution in [3.8, 4) is 6.07 Å². The molecule has 2 aromatic rings. The van der Waals surface area contributed by atoms with Gasteiger partial charge in [-0.15, -0.1) is 0 Å². The van der Waals surface area contributed by atoms with E-state index in [1.54, 1.807) is 18.4 Å². The van der Waals surface area contributed by atoms with Gasteiger partial charge in [0.05, 0.1) is 24.7 Å². The van der Waals surface area contributed by atoms with Crippen LogP contribution in [0.1, 0.15) is 24.3 Å². The van der Waals surface area contributed by atoms with E-state index in [1.807, 2.05) is 18.2 Å². The van der Waals surface area contributed by atoms with Crippen molar-refractivity contribution in [2.75, 3.05) is 18.4 Å². The van der Waals surface area contributed by atoms with Crippen LogP contribution in [0.4, 0.5) is 10.5 Å². The lowest BCUT2D eigenvalue weighted by Crippen LogP contribution is -2.45. The number of hydrogen-bond acceptors (Lipinski definition) is 5. The summed E-state index contributed by atoms with van der Waals surface area (Å²) in [7, 11) is 0. The summed E-state index contributed by atoms with van der Waals surface area (Å²) in [5, 5.41) is 14.4. The molecule has 0 unspecified atom stereocenters. The molecule has 0 spiro atoms. The molecule has 1 aliphatic heterocycles. The normalized spacial score (nSPS) is 15.6. The van der Waals surface area contributed by atoms with Crippen molar-refractivity contribution in [3.63, 3.8) is 0 Å². The van der Waals surface area contributed by atoms with Crippen LogP contribution in [-0.2, 0) is 6.54 Å². The number of hydrogen-bond donors (Lipinski definition) is 2. The lowest BCUT2D eigenvalue weighted by molar-refractivity contribution is 0.179. The van der Waals surface area contributed by atoms with Crippen molar-refractivity contribution in [1.82, 2.24) is 15.2 Å². The van der Waals surface area contributed by atoms with E-state index in [-0.39, 0.29) is 12.1 Å². The Labute approximate surface area is 140 Å². The van der Waals surface area contributed by atoms with E-state index in [0.717, 1.165) is 38.2 Å². The minimum Gasteiger partial charge on any atom is -0.468 e. The Bertz CT molecular complexity index is 698. The second-order valence-corrected chi connectivity index (χ2v) is 5.77. The van der Waals surface area contributed by atoms with E-state index in [0.29, 0.717) is 11.4 Å². The number of aromatic nitrogens is 1. The Balaban J connectivity index is 1.42. The summed E-state index contributed by atoms with van der Waals surface area (Å²) in [6, 6.07) is 8.96. The zero-order chi connectivity index (χ0) is 16.8. The molecule has 124 valence electrons. The number of nitrogens with one attached hydrogen (secondary N) is 2. The van der Waals surface area contributed by atoms with Gasteiger partial charge in [0.2, 0.25) is 0 Å². The summed E-state index contributed by atoms with van der Waals surface area (Å²) in [4.78, 5) is 18.3. The second-order valence-electron chi connectivity index (χ2n) is 5.77. The number of rotatable bonds is 4. The average Bonchev–Trinajstić information content (AvgIpc) is 3.10. The lowest BCUT2D eigenvalue weighted by atomic mass is 10.1. The highest BCUT2D eigenvalue weighted by Gasteiger charge is 2.21. The molecule has 0 aliphatic carbocycles. The number of urea groups is 1. The monoisotopic (exact) mass is 325 g/mol. The highest BCUT2D eigenvalue weighted by atomic mass is 16.3. The first kappa shape index (κ1) is 16.0. The van der Waals surface area contributed by atoms with E-state index < -0.39 is 0 Å². The molecule has 3 rings (SSSR count). The molecule has 2 aromatic heterocycles. The van der Waals surface area contributed by atoms with Gasteiger partial charge >= 0.3 is 6.03 Å². The van der Waals surface area contributed by atoms with Crippen LogP contribution in [0.15, 0.2) is 41.1 Å². The standard InChI is InChI=1S/C17H19N5O2/c18-10-14-3-4-15(11-19-14)21-17(23)20-13-5-7-22(8-6-13)12-16-2-1-9-24-16/h1-4,9,11,13H,5-8,12H2,(H2,20,21,23). The third-order valence-electron chi connectivity index (χ3n) is 4.02. The van der Waals surface area contributed by atoms with Gasteiger partial charge in [0.25, 0.3) is 0 Å². The third-order valence-corrected chi connectivity index (χ3v) is 4.02. The second kappa shape index (κ2) is 7.62. The SMILES string of the molecule is N#Cc1ccc(NC(=O)NC2CCN(Cc3ccco3)CC2)cn1. The highest BCUT2D eigenvalue weighted by Crippen LogP contribution is 2.14. The van der Waals surface area contributed by atoms with E-state index in [4.69, 9.17) is 9.68 Å². The molecule has 3 heterocycles. The minimum atomic E-state index is -0.244.